The Kier molecular flexibility index (Phi) is 3.03. The second kappa shape index (κ2) is 5.17. The van der Waals surface area contributed by atoms with Crippen molar-refractivity contribution >= 4 is 39.8 Å². The van der Waals surface area contributed by atoms with Crippen molar-refractivity contribution in [1.82, 2.24) is 9.88 Å². The molecule has 4 nitrogen and oxygen atoms in total. The van der Waals surface area contributed by atoms with Gasteiger partial charge in [0.2, 0.25) is 0 Å². The van der Waals surface area contributed by atoms with Crippen molar-refractivity contribution in [2.75, 3.05) is 4.90 Å². The Bertz CT molecular complexity index is 1020. The molecule has 2 aromatic carbocycles. The molecule has 0 aliphatic carbocycles. The summed E-state index contributed by atoms with van der Waals surface area (Å²) in [5.41, 5.74) is 5.56. The molecular weight excluding hydrogens is 330 g/mol. The van der Waals surface area contributed by atoms with Gasteiger partial charge in [-0.15, -0.1) is 0 Å². The lowest BCUT2D eigenvalue weighted by atomic mass is 9.97. The Morgan fingerprint density at radius 1 is 1.12 bits per heavy atom. The summed E-state index contributed by atoms with van der Waals surface area (Å²) in [4.78, 5) is 20.3. The molecule has 1 fully saturated rings. The lowest BCUT2D eigenvalue weighted by Gasteiger charge is -2.28. The highest BCUT2D eigenvalue weighted by Gasteiger charge is 2.46. The van der Waals surface area contributed by atoms with Crippen LogP contribution in [0.15, 0.2) is 48.5 Å². The molecule has 2 aliphatic heterocycles. The number of aromatic nitrogens is 1. The van der Waals surface area contributed by atoms with Gasteiger partial charge in [-0.2, -0.15) is 0 Å². The van der Waals surface area contributed by atoms with E-state index in [-0.39, 0.29) is 11.9 Å². The van der Waals surface area contributed by atoms with Crippen LogP contribution < -0.4 is 4.90 Å². The van der Waals surface area contributed by atoms with Gasteiger partial charge in [0.1, 0.15) is 6.04 Å². The summed E-state index contributed by atoms with van der Waals surface area (Å²) in [6.45, 7) is 2.69. The van der Waals surface area contributed by atoms with Crippen LogP contribution in [0.4, 0.5) is 5.69 Å². The lowest BCUT2D eigenvalue weighted by molar-refractivity contribution is -0.119. The number of benzene rings is 2. The summed E-state index contributed by atoms with van der Waals surface area (Å²) in [6.07, 6.45) is 0.695. The zero-order chi connectivity index (χ0) is 17.1. The molecule has 1 unspecified atom stereocenters. The van der Waals surface area contributed by atoms with Crippen LogP contribution in [0.2, 0.25) is 0 Å². The van der Waals surface area contributed by atoms with Crippen LogP contribution in [0.1, 0.15) is 16.8 Å². The van der Waals surface area contributed by atoms with Crippen LogP contribution in [0.5, 0.6) is 0 Å². The Morgan fingerprint density at radius 2 is 1.88 bits per heavy atom. The van der Waals surface area contributed by atoms with Gasteiger partial charge in [-0.25, -0.2) is 0 Å². The van der Waals surface area contributed by atoms with Crippen molar-refractivity contribution in [3.05, 3.63) is 65.4 Å². The minimum Gasteiger partial charge on any atom is -0.357 e. The summed E-state index contributed by atoms with van der Waals surface area (Å²) >= 11 is 5.66. The average molecular weight is 347 g/mol. The SMILES string of the molecule is Cc1ccc(N2C(=O)C3Cc4c([nH]c5ccccc45)CN3C2=S)cc1. The number of thiocarbonyl (C=S) groups is 1. The zero-order valence-corrected chi connectivity index (χ0v) is 14.6. The van der Waals surface area contributed by atoms with Gasteiger partial charge >= 0.3 is 0 Å². The number of nitrogens with zero attached hydrogens (tertiary/aromatic N) is 2. The fourth-order valence-electron chi connectivity index (χ4n) is 3.93. The van der Waals surface area contributed by atoms with Crippen molar-refractivity contribution in [3.63, 3.8) is 0 Å². The number of rotatable bonds is 1. The molecule has 124 valence electrons. The van der Waals surface area contributed by atoms with E-state index in [0.717, 1.165) is 11.2 Å². The van der Waals surface area contributed by atoms with Crippen molar-refractivity contribution in [1.29, 1.82) is 0 Å². The third-order valence-corrected chi connectivity index (χ3v) is 5.66. The van der Waals surface area contributed by atoms with Crippen molar-refractivity contribution in [2.24, 2.45) is 0 Å². The van der Waals surface area contributed by atoms with Gasteiger partial charge in [0.25, 0.3) is 5.91 Å². The van der Waals surface area contributed by atoms with Crippen LogP contribution in [-0.4, -0.2) is 26.9 Å². The molecule has 0 spiro atoms. The largest absolute Gasteiger partial charge is 0.357 e. The first kappa shape index (κ1) is 14.7. The Labute approximate surface area is 151 Å². The molecule has 0 radical (unpaired) electrons. The van der Waals surface area contributed by atoms with E-state index < -0.39 is 0 Å². The molecule has 3 heterocycles. The maximum absolute atomic E-state index is 13.1. The van der Waals surface area contributed by atoms with Gasteiger partial charge in [0.15, 0.2) is 5.11 Å². The number of amides is 1. The molecule has 3 aromatic rings. The van der Waals surface area contributed by atoms with Crippen LogP contribution in [-0.2, 0) is 17.8 Å². The highest BCUT2D eigenvalue weighted by atomic mass is 32.1. The number of anilines is 1. The Balaban J connectivity index is 1.55. The second-order valence-corrected chi connectivity index (χ2v) is 7.13. The predicted molar refractivity (Wildman–Crippen MR) is 103 cm³/mol. The highest BCUT2D eigenvalue weighted by molar-refractivity contribution is 7.80. The van der Waals surface area contributed by atoms with Gasteiger partial charge in [0, 0.05) is 23.0 Å². The van der Waals surface area contributed by atoms with E-state index in [2.05, 4.69) is 22.0 Å². The molecule has 5 heteroatoms. The molecule has 0 bridgehead atoms. The first-order chi connectivity index (χ1) is 12.1. The standard InChI is InChI=1S/C20H17N3OS/c1-12-6-8-13(9-7-12)23-19(24)18-10-15-14-4-2-3-5-16(14)21-17(15)11-22(18)20(23)25/h2-9,18,21H,10-11H2,1H3. The quantitative estimate of drug-likeness (QED) is 0.685. The van der Waals surface area contributed by atoms with Crippen LogP contribution in [0.25, 0.3) is 10.9 Å². The minimum absolute atomic E-state index is 0.0739. The molecule has 25 heavy (non-hydrogen) atoms. The molecule has 1 amide bonds. The topological polar surface area (TPSA) is 39.3 Å². The van der Waals surface area contributed by atoms with Gasteiger partial charge in [-0.3, -0.25) is 9.69 Å². The number of hydrogen-bond acceptors (Lipinski definition) is 2. The number of aromatic amines is 1. The van der Waals surface area contributed by atoms with Crippen LogP contribution >= 0.6 is 12.2 Å². The number of H-pyrrole nitrogens is 1. The van der Waals surface area contributed by atoms with Crippen LogP contribution in [0.3, 0.4) is 0 Å². The van der Waals surface area contributed by atoms with Gasteiger partial charge in [0.05, 0.1) is 12.2 Å². The lowest BCUT2D eigenvalue weighted by Crippen LogP contribution is -2.39. The van der Waals surface area contributed by atoms with E-state index in [1.807, 2.05) is 43.3 Å². The molecule has 1 aromatic heterocycles. The number of carbonyl (C=O) groups is 1. The molecule has 5 rings (SSSR count). The van der Waals surface area contributed by atoms with Gasteiger partial charge in [-0.1, -0.05) is 35.9 Å². The van der Waals surface area contributed by atoms with E-state index in [0.29, 0.717) is 18.1 Å². The molecule has 1 atom stereocenters. The summed E-state index contributed by atoms with van der Waals surface area (Å²) < 4.78 is 0. The molecule has 2 aliphatic rings. The molecular formula is C20H17N3OS. The van der Waals surface area contributed by atoms with E-state index in [1.165, 1.54) is 22.2 Å². The Morgan fingerprint density at radius 3 is 2.68 bits per heavy atom. The predicted octanol–water partition coefficient (Wildman–Crippen LogP) is 3.53. The summed E-state index contributed by atoms with van der Waals surface area (Å²) in [6, 6.07) is 16.0. The van der Waals surface area contributed by atoms with E-state index >= 15 is 0 Å². The normalized spacial score (nSPS) is 19.5. The van der Waals surface area contributed by atoms with E-state index in [9.17, 15) is 4.79 Å². The molecule has 0 saturated carbocycles. The maximum atomic E-state index is 13.1. The van der Waals surface area contributed by atoms with Crippen molar-refractivity contribution in [3.8, 4) is 0 Å². The number of aryl methyl sites for hydroxylation is 1. The highest BCUT2D eigenvalue weighted by Crippen LogP contribution is 2.36. The number of para-hydroxylation sites is 1. The fraction of sp³-hybridized carbons (Fsp3) is 0.200. The van der Waals surface area contributed by atoms with E-state index in [4.69, 9.17) is 12.2 Å². The third kappa shape index (κ3) is 2.05. The van der Waals surface area contributed by atoms with Crippen molar-refractivity contribution < 1.29 is 4.79 Å². The number of carbonyl (C=O) groups excluding carboxylic acids is 1. The first-order valence-corrected chi connectivity index (χ1v) is 8.84. The zero-order valence-electron chi connectivity index (χ0n) is 13.8. The van der Waals surface area contributed by atoms with Gasteiger partial charge in [-0.05, 0) is 42.9 Å². The number of fused-ring (bicyclic) bond motifs is 4. The summed E-state index contributed by atoms with van der Waals surface area (Å²) in [7, 11) is 0. The minimum atomic E-state index is -0.208. The molecule has 1 saturated heterocycles. The number of nitrogens with one attached hydrogen (secondary N) is 1. The Hall–Kier alpha value is -2.66. The van der Waals surface area contributed by atoms with Gasteiger partial charge < -0.3 is 9.88 Å². The molecule has 1 N–H and O–H groups in total. The average Bonchev–Trinajstić information content (AvgIpc) is 3.10. The number of hydrogen-bond donors (Lipinski definition) is 1. The summed E-state index contributed by atoms with van der Waals surface area (Å²) in [5, 5.41) is 1.81. The maximum Gasteiger partial charge on any atom is 0.256 e. The third-order valence-electron chi connectivity index (χ3n) is 5.24. The van der Waals surface area contributed by atoms with E-state index in [1.54, 1.807) is 4.90 Å². The van der Waals surface area contributed by atoms with Crippen LogP contribution in [0, 0.1) is 6.92 Å². The fourth-order valence-corrected chi connectivity index (χ4v) is 4.32. The second-order valence-electron chi connectivity index (χ2n) is 6.77. The van der Waals surface area contributed by atoms with Crippen molar-refractivity contribution in [2.45, 2.75) is 25.9 Å². The monoisotopic (exact) mass is 347 g/mol. The first-order valence-electron chi connectivity index (χ1n) is 8.43. The smallest absolute Gasteiger partial charge is 0.256 e. The summed E-state index contributed by atoms with van der Waals surface area (Å²) in [5.74, 6) is 0.0739.